The Balaban J connectivity index is 1.15. The monoisotopic (exact) mass is 561 g/mol. The van der Waals surface area contributed by atoms with Crippen molar-refractivity contribution in [2.24, 2.45) is 0 Å². The number of hydrogen-bond acceptors (Lipinski definition) is 3. The molecule has 7 heteroatoms. The van der Waals surface area contributed by atoms with Gasteiger partial charge in [-0.25, -0.2) is 8.78 Å². The number of carbonyl (C=O) groups excluding carboxylic acids is 2. The van der Waals surface area contributed by atoms with Gasteiger partial charge in [-0.3, -0.25) is 14.5 Å². The molecule has 3 aromatic rings. The number of nitrogens with one attached hydrogen (secondary N) is 1. The second kappa shape index (κ2) is 14.9. The van der Waals surface area contributed by atoms with E-state index in [9.17, 15) is 18.4 Å². The van der Waals surface area contributed by atoms with Crippen molar-refractivity contribution in [3.8, 4) is 0 Å². The van der Waals surface area contributed by atoms with Gasteiger partial charge in [0.05, 0.1) is 0 Å². The Hall–Kier alpha value is -3.58. The molecule has 5 nitrogen and oxygen atoms in total. The molecule has 1 heterocycles. The molecule has 41 heavy (non-hydrogen) atoms. The first kappa shape index (κ1) is 30.4. The molecule has 0 aliphatic carbocycles. The normalized spacial score (nSPS) is 14.0. The molecule has 1 N–H and O–H groups in total. The molecular formula is C34H41F2N3O2. The minimum atomic E-state index is -0.283. The quantitative estimate of drug-likeness (QED) is 0.262. The maximum Gasteiger partial charge on any atom is 0.251 e. The summed E-state index contributed by atoms with van der Waals surface area (Å²) in [4.78, 5) is 29.5. The van der Waals surface area contributed by atoms with Crippen molar-refractivity contribution < 1.29 is 18.4 Å². The van der Waals surface area contributed by atoms with Crippen LogP contribution in [0.4, 0.5) is 8.78 Å². The van der Waals surface area contributed by atoms with Crippen LogP contribution < -0.4 is 5.32 Å². The lowest BCUT2D eigenvalue weighted by atomic mass is 9.87. The van der Waals surface area contributed by atoms with Crippen LogP contribution in [-0.4, -0.2) is 60.9 Å². The van der Waals surface area contributed by atoms with Crippen LogP contribution in [-0.2, 0) is 4.79 Å². The van der Waals surface area contributed by atoms with E-state index in [1.807, 2.05) is 29.2 Å². The van der Waals surface area contributed by atoms with Crippen LogP contribution in [0.15, 0.2) is 72.8 Å². The molecule has 1 saturated heterocycles. The fourth-order valence-corrected chi connectivity index (χ4v) is 5.37. The van der Waals surface area contributed by atoms with Gasteiger partial charge in [-0.1, -0.05) is 56.7 Å². The van der Waals surface area contributed by atoms with Crippen molar-refractivity contribution in [1.82, 2.24) is 15.1 Å². The number of halogens is 2. The van der Waals surface area contributed by atoms with Gasteiger partial charge in [-0.05, 0) is 71.8 Å². The van der Waals surface area contributed by atoms with Gasteiger partial charge in [0, 0.05) is 57.2 Å². The minimum absolute atomic E-state index is 0.0229. The molecule has 0 aromatic heterocycles. The molecule has 0 unspecified atom stereocenters. The van der Waals surface area contributed by atoms with E-state index in [1.54, 1.807) is 24.3 Å². The van der Waals surface area contributed by atoms with Crippen LogP contribution in [0.2, 0.25) is 0 Å². The topological polar surface area (TPSA) is 52.7 Å². The largest absolute Gasteiger partial charge is 0.351 e. The lowest BCUT2D eigenvalue weighted by Crippen LogP contribution is -2.50. The van der Waals surface area contributed by atoms with E-state index in [2.05, 4.69) is 24.1 Å². The van der Waals surface area contributed by atoms with E-state index in [1.165, 1.54) is 29.8 Å². The highest BCUT2D eigenvalue weighted by molar-refractivity contribution is 5.94. The van der Waals surface area contributed by atoms with E-state index in [0.29, 0.717) is 37.5 Å². The summed E-state index contributed by atoms with van der Waals surface area (Å²) in [5.74, 6) is 0.00217. The van der Waals surface area contributed by atoms with Crippen molar-refractivity contribution in [3.63, 3.8) is 0 Å². The molecule has 0 saturated carbocycles. The number of benzene rings is 3. The Kier molecular flexibility index (Phi) is 11.0. The standard InChI is InChI=1S/C34H41F2N3O2/c1-25(2)26-7-9-29(10-8-26)34(41)37-19-20-38-21-23-39(24-22-38)33(40)6-4-3-5-32(27-11-15-30(35)16-12-27)28-13-17-31(36)18-14-28/h7-18,25,32H,3-6,19-24H2,1-2H3,(H,37,41). The summed E-state index contributed by atoms with van der Waals surface area (Å²) >= 11 is 0. The zero-order valence-electron chi connectivity index (χ0n) is 24.1. The summed E-state index contributed by atoms with van der Waals surface area (Å²) in [6.07, 6.45) is 2.89. The Morgan fingerprint density at radius 3 is 1.83 bits per heavy atom. The third-order valence-electron chi connectivity index (χ3n) is 7.96. The number of nitrogens with zero attached hydrogens (tertiary/aromatic N) is 2. The number of rotatable bonds is 12. The summed E-state index contributed by atoms with van der Waals surface area (Å²) in [5.41, 5.74) is 3.86. The van der Waals surface area contributed by atoms with Crippen LogP contribution in [0.1, 0.15) is 78.4 Å². The van der Waals surface area contributed by atoms with Gasteiger partial charge in [-0.15, -0.1) is 0 Å². The molecule has 218 valence electrons. The lowest BCUT2D eigenvalue weighted by molar-refractivity contribution is -0.133. The predicted octanol–water partition coefficient (Wildman–Crippen LogP) is 6.35. The zero-order chi connectivity index (χ0) is 29.2. The molecule has 0 radical (unpaired) electrons. The number of hydrogen-bond donors (Lipinski definition) is 1. The first-order valence-electron chi connectivity index (χ1n) is 14.7. The Labute approximate surface area is 242 Å². The second-order valence-corrected chi connectivity index (χ2v) is 11.2. The molecule has 0 spiro atoms. The average molecular weight is 562 g/mol. The fraction of sp³-hybridized carbons (Fsp3) is 0.412. The number of carbonyl (C=O) groups is 2. The second-order valence-electron chi connectivity index (χ2n) is 11.2. The molecule has 1 aliphatic heterocycles. The third kappa shape index (κ3) is 8.95. The Morgan fingerprint density at radius 2 is 1.29 bits per heavy atom. The summed E-state index contributed by atoms with van der Waals surface area (Å²) in [6.45, 7) is 8.56. The van der Waals surface area contributed by atoms with Gasteiger partial charge >= 0.3 is 0 Å². The maximum atomic E-state index is 13.5. The van der Waals surface area contributed by atoms with Gasteiger partial charge in [0.1, 0.15) is 11.6 Å². The van der Waals surface area contributed by atoms with Crippen LogP contribution in [0.5, 0.6) is 0 Å². The molecule has 0 atom stereocenters. The highest BCUT2D eigenvalue weighted by Crippen LogP contribution is 2.30. The molecular weight excluding hydrogens is 520 g/mol. The van der Waals surface area contributed by atoms with Gasteiger partial charge in [0.15, 0.2) is 0 Å². The van der Waals surface area contributed by atoms with Gasteiger partial charge in [-0.2, -0.15) is 0 Å². The highest BCUT2D eigenvalue weighted by Gasteiger charge is 2.21. The molecule has 2 amide bonds. The van der Waals surface area contributed by atoms with Crippen molar-refractivity contribution in [1.29, 1.82) is 0 Å². The van der Waals surface area contributed by atoms with E-state index in [0.717, 1.165) is 50.0 Å². The SMILES string of the molecule is CC(C)c1ccc(C(=O)NCCN2CCN(C(=O)CCCCC(c3ccc(F)cc3)c3ccc(F)cc3)CC2)cc1. The summed E-state index contributed by atoms with van der Waals surface area (Å²) in [7, 11) is 0. The average Bonchev–Trinajstić information content (AvgIpc) is 2.98. The number of unbranched alkanes of at least 4 members (excludes halogenated alkanes) is 1. The Morgan fingerprint density at radius 1 is 0.756 bits per heavy atom. The predicted molar refractivity (Wildman–Crippen MR) is 159 cm³/mol. The van der Waals surface area contributed by atoms with E-state index >= 15 is 0 Å². The molecule has 3 aromatic carbocycles. The maximum absolute atomic E-state index is 13.5. The van der Waals surface area contributed by atoms with E-state index in [4.69, 9.17) is 0 Å². The zero-order valence-corrected chi connectivity index (χ0v) is 24.1. The first-order valence-corrected chi connectivity index (χ1v) is 14.7. The van der Waals surface area contributed by atoms with E-state index in [-0.39, 0.29) is 29.4 Å². The smallest absolute Gasteiger partial charge is 0.251 e. The molecule has 4 rings (SSSR count). The van der Waals surface area contributed by atoms with Crippen molar-refractivity contribution >= 4 is 11.8 Å². The van der Waals surface area contributed by atoms with Gasteiger partial charge < -0.3 is 10.2 Å². The van der Waals surface area contributed by atoms with Crippen molar-refractivity contribution in [2.45, 2.75) is 51.4 Å². The Bertz CT molecular complexity index is 1210. The van der Waals surface area contributed by atoms with Gasteiger partial charge in [0.2, 0.25) is 5.91 Å². The van der Waals surface area contributed by atoms with Crippen molar-refractivity contribution in [2.75, 3.05) is 39.3 Å². The van der Waals surface area contributed by atoms with E-state index < -0.39 is 0 Å². The summed E-state index contributed by atoms with van der Waals surface area (Å²) < 4.78 is 27.0. The number of amides is 2. The third-order valence-corrected chi connectivity index (χ3v) is 7.96. The lowest BCUT2D eigenvalue weighted by Gasteiger charge is -2.34. The van der Waals surface area contributed by atoms with Crippen LogP contribution in [0.25, 0.3) is 0 Å². The van der Waals surface area contributed by atoms with Crippen LogP contribution in [0.3, 0.4) is 0 Å². The summed E-state index contributed by atoms with van der Waals surface area (Å²) in [5, 5.41) is 3.00. The van der Waals surface area contributed by atoms with Crippen LogP contribution in [0, 0.1) is 11.6 Å². The van der Waals surface area contributed by atoms with Crippen molar-refractivity contribution in [3.05, 3.63) is 107 Å². The minimum Gasteiger partial charge on any atom is -0.351 e. The molecule has 0 bridgehead atoms. The molecule has 1 aliphatic rings. The van der Waals surface area contributed by atoms with Crippen LogP contribution >= 0.6 is 0 Å². The summed E-state index contributed by atoms with van der Waals surface area (Å²) in [6, 6.07) is 20.7. The first-order chi connectivity index (χ1) is 19.8. The van der Waals surface area contributed by atoms with Gasteiger partial charge in [0.25, 0.3) is 5.91 Å². The fourth-order valence-electron chi connectivity index (χ4n) is 5.37. The number of piperazine rings is 1. The highest BCUT2D eigenvalue weighted by atomic mass is 19.1. The molecule has 1 fully saturated rings.